The van der Waals surface area contributed by atoms with E-state index in [1.165, 1.54) is 0 Å². The second kappa shape index (κ2) is 7.87. The van der Waals surface area contributed by atoms with Crippen LogP contribution < -0.4 is 5.32 Å². The van der Waals surface area contributed by atoms with Gasteiger partial charge in [-0.1, -0.05) is 36.4 Å². The van der Waals surface area contributed by atoms with Crippen molar-refractivity contribution in [1.82, 2.24) is 19.7 Å². The molecule has 1 N–H and O–H groups in total. The van der Waals surface area contributed by atoms with Crippen LogP contribution >= 0.6 is 0 Å². The standard InChI is InChI=1S/C22H23N5O2/c1-15-20(16-8-4-3-5-9-16)25-26(2)21(15)24-22(29)17-12-19(28)27(13-17)14-18-10-6-7-11-23-18/h3-11,17H,12-14H2,1-2H3,(H,24,29). The Bertz CT molecular complexity index is 1030. The normalized spacial score (nSPS) is 16.3. The first-order valence-corrected chi connectivity index (χ1v) is 9.60. The molecule has 1 aliphatic rings. The van der Waals surface area contributed by atoms with Gasteiger partial charge in [-0.15, -0.1) is 0 Å². The maximum absolute atomic E-state index is 12.9. The summed E-state index contributed by atoms with van der Waals surface area (Å²) >= 11 is 0. The molecule has 148 valence electrons. The Morgan fingerprint density at radius 2 is 1.93 bits per heavy atom. The molecule has 7 nitrogen and oxygen atoms in total. The van der Waals surface area contributed by atoms with Gasteiger partial charge in [-0.2, -0.15) is 5.10 Å². The number of amides is 2. The number of aromatic nitrogens is 3. The van der Waals surface area contributed by atoms with Crippen molar-refractivity contribution in [1.29, 1.82) is 0 Å². The summed E-state index contributed by atoms with van der Waals surface area (Å²) in [6.45, 7) is 2.76. The molecule has 0 aliphatic carbocycles. The van der Waals surface area contributed by atoms with Crippen molar-refractivity contribution < 1.29 is 9.59 Å². The third-order valence-corrected chi connectivity index (χ3v) is 5.24. The number of likely N-dealkylation sites (tertiary alicyclic amines) is 1. The first-order chi connectivity index (χ1) is 14.0. The van der Waals surface area contributed by atoms with Crippen LogP contribution in [0.4, 0.5) is 5.82 Å². The van der Waals surface area contributed by atoms with Gasteiger partial charge in [-0.05, 0) is 19.1 Å². The fourth-order valence-electron chi connectivity index (χ4n) is 3.68. The zero-order valence-corrected chi connectivity index (χ0v) is 16.5. The van der Waals surface area contributed by atoms with Crippen molar-refractivity contribution >= 4 is 17.6 Å². The van der Waals surface area contributed by atoms with E-state index in [-0.39, 0.29) is 24.2 Å². The van der Waals surface area contributed by atoms with E-state index in [0.29, 0.717) is 18.9 Å². The number of aryl methyl sites for hydroxylation is 1. The van der Waals surface area contributed by atoms with Gasteiger partial charge in [0.15, 0.2) is 0 Å². The molecule has 0 radical (unpaired) electrons. The van der Waals surface area contributed by atoms with Crippen molar-refractivity contribution in [3.05, 3.63) is 66.0 Å². The van der Waals surface area contributed by atoms with Crippen LogP contribution in [0, 0.1) is 12.8 Å². The van der Waals surface area contributed by atoms with Crippen LogP contribution in [-0.2, 0) is 23.2 Å². The lowest BCUT2D eigenvalue weighted by molar-refractivity contribution is -0.128. The van der Waals surface area contributed by atoms with E-state index in [4.69, 9.17) is 0 Å². The average Bonchev–Trinajstić information content (AvgIpc) is 3.24. The third-order valence-electron chi connectivity index (χ3n) is 5.24. The van der Waals surface area contributed by atoms with Crippen molar-refractivity contribution in [2.45, 2.75) is 19.9 Å². The lowest BCUT2D eigenvalue weighted by Gasteiger charge is -2.16. The Balaban J connectivity index is 1.46. The predicted octanol–water partition coefficient (Wildman–Crippen LogP) is 2.78. The third kappa shape index (κ3) is 3.89. The summed E-state index contributed by atoms with van der Waals surface area (Å²) in [5, 5.41) is 7.54. The highest BCUT2D eigenvalue weighted by Crippen LogP contribution is 2.28. The molecule has 0 saturated carbocycles. The second-order valence-electron chi connectivity index (χ2n) is 7.30. The minimum absolute atomic E-state index is 0.0255. The van der Waals surface area contributed by atoms with Gasteiger partial charge in [0, 0.05) is 37.3 Å². The van der Waals surface area contributed by atoms with Gasteiger partial charge >= 0.3 is 0 Å². The van der Waals surface area contributed by atoms with Gasteiger partial charge in [0.25, 0.3) is 0 Å². The smallest absolute Gasteiger partial charge is 0.230 e. The molecule has 1 unspecified atom stereocenters. The Morgan fingerprint density at radius 1 is 1.17 bits per heavy atom. The van der Waals surface area contributed by atoms with Gasteiger partial charge in [-0.3, -0.25) is 19.3 Å². The van der Waals surface area contributed by atoms with E-state index in [2.05, 4.69) is 15.4 Å². The number of nitrogens with one attached hydrogen (secondary N) is 1. The first kappa shape index (κ1) is 18.9. The van der Waals surface area contributed by atoms with Crippen LogP contribution in [0.25, 0.3) is 11.3 Å². The van der Waals surface area contributed by atoms with Crippen LogP contribution in [0.15, 0.2) is 54.7 Å². The molecule has 3 heterocycles. The molecule has 1 fully saturated rings. The Morgan fingerprint density at radius 3 is 2.66 bits per heavy atom. The van der Waals surface area contributed by atoms with Crippen LogP contribution in [-0.4, -0.2) is 38.0 Å². The Hall–Kier alpha value is -3.48. The van der Waals surface area contributed by atoms with Gasteiger partial charge < -0.3 is 10.2 Å². The Kier molecular flexibility index (Phi) is 5.12. The number of carbonyl (C=O) groups excluding carboxylic acids is 2. The van der Waals surface area contributed by atoms with E-state index in [1.54, 1.807) is 15.8 Å². The summed E-state index contributed by atoms with van der Waals surface area (Å²) in [4.78, 5) is 31.2. The van der Waals surface area contributed by atoms with Crippen LogP contribution in [0.3, 0.4) is 0 Å². The molecule has 0 bridgehead atoms. The molecule has 1 saturated heterocycles. The SMILES string of the molecule is Cc1c(-c2ccccc2)nn(C)c1NC(=O)C1CC(=O)N(Cc2ccccn2)C1. The molecule has 1 aromatic carbocycles. The molecule has 0 spiro atoms. The number of hydrogen-bond acceptors (Lipinski definition) is 4. The minimum atomic E-state index is -0.388. The molecule has 3 aromatic rings. The molecule has 1 aliphatic heterocycles. The lowest BCUT2D eigenvalue weighted by Crippen LogP contribution is -2.28. The zero-order chi connectivity index (χ0) is 20.4. The highest BCUT2D eigenvalue weighted by molar-refractivity contribution is 5.97. The van der Waals surface area contributed by atoms with Crippen LogP contribution in [0.2, 0.25) is 0 Å². The quantitative estimate of drug-likeness (QED) is 0.728. The van der Waals surface area contributed by atoms with Crippen molar-refractivity contribution in [3.63, 3.8) is 0 Å². The molecule has 2 amide bonds. The minimum Gasteiger partial charge on any atom is -0.336 e. The number of carbonyl (C=O) groups is 2. The molecule has 29 heavy (non-hydrogen) atoms. The number of anilines is 1. The summed E-state index contributed by atoms with van der Waals surface area (Å²) in [7, 11) is 1.81. The molecular weight excluding hydrogens is 366 g/mol. The number of hydrogen-bond donors (Lipinski definition) is 1. The van der Waals surface area contributed by atoms with Crippen LogP contribution in [0.1, 0.15) is 17.7 Å². The monoisotopic (exact) mass is 389 g/mol. The molecule has 1 atom stereocenters. The van der Waals surface area contributed by atoms with Crippen molar-refractivity contribution in [2.75, 3.05) is 11.9 Å². The Labute approximate surface area is 169 Å². The zero-order valence-electron chi connectivity index (χ0n) is 16.5. The van der Waals surface area contributed by atoms with Gasteiger partial charge in [0.2, 0.25) is 11.8 Å². The maximum Gasteiger partial charge on any atom is 0.230 e. The van der Waals surface area contributed by atoms with E-state index in [0.717, 1.165) is 22.5 Å². The molecule has 4 rings (SSSR count). The summed E-state index contributed by atoms with van der Waals surface area (Å²) in [5.41, 5.74) is 3.56. The number of rotatable bonds is 5. The topological polar surface area (TPSA) is 80.1 Å². The first-order valence-electron chi connectivity index (χ1n) is 9.60. The highest BCUT2D eigenvalue weighted by atomic mass is 16.2. The van der Waals surface area contributed by atoms with Crippen molar-refractivity contribution in [3.8, 4) is 11.3 Å². The highest BCUT2D eigenvalue weighted by Gasteiger charge is 2.35. The lowest BCUT2D eigenvalue weighted by atomic mass is 10.1. The summed E-state index contributed by atoms with van der Waals surface area (Å²) in [5.74, 6) is 0.0836. The van der Waals surface area contributed by atoms with Gasteiger partial charge in [0.1, 0.15) is 5.82 Å². The fraction of sp³-hybridized carbons (Fsp3) is 0.273. The van der Waals surface area contributed by atoms with Gasteiger partial charge in [-0.25, -0.2) is 0 Å². The summed E-state index contributed by atoms with van der Waals surface area (Å²) in [6, 6.07) is 15.5. The predicted molar refractivity (Wildman–Crippen MR) is 110 cm³/mol. The van der Waals surface area contributed by atoms with E-state index in [1.807, 2.05) is 62.5 Å². The van der Waals surface area contributed by atoms with Gasteiger partial charge in [0.05, 0.1) is 23.9 Å². The molecular formula is C22H23N5O2. The molecule has 7 heteroatoms. The summed E-state index contributed by atoms with van der Waals surface area (Å²) in [6.07, 6.45) is 1.91. The van der Waals surface area contributed by atoms with E-state index < -0.39 is 0 Å². The van der Waals surface area contributed by atoms with E-state index >= 15 is 0 Å². The van der Waals surface area contributed by atoms with Crippen LogP contribution in [0.5, 0.6) is 0 Å². The second-order valence-corrected chi connectivity index (χ2v) is 7.30. The maximum atomic E-state index is 12.9. The number of benzene rings is 1. The van der Waals surface area contributed by atoms with Crippen molar-refractivity contribution in [2.24, 2.45) is 13.0 Å². The molecule has 2 aromatic heterocycles. The summed E-state index contributed by atoms with van der Waals surface area (Å²) < 4.78 is 1.68. The average molecular weight is 389 g/mol. The number of pyridine rings is 1. The largest absolute Gasteiger partial charge is 0.336 e. The number of nitrogens with zero attached hydrogens (tertiary/aromatic N) is 4. The van der Waals surface area contributed by atoms with E-state index in [9.17, 15) is 9.59 Å². The fourth-order valence-corrected chi connectivity index (χ4v) is 3.68.